The van der Waals surface area contributed by atoms with Crippen LogP contribution in [0.15, 0.2) is 54.6 Å². The topological polar surface area (TPSA) is 24.9 Å². The molecule has 3 heterocycles. The summed E-state index contributed by atoms with van der Waals surface area (Å²) < 4.78 is 13.6. The summed E-state index contributed by atoms with van der Waals surface area (Å²) in [4.78, 5) is 4.93. The molecule has 2 saturated heterocycles. The first kappa shape index (κ1) is 16.4. The number of para-hydroxylation sites is 1. The number of hydrogen-bond donors (Lipinski definition) is 0. The Morgan fingerprint density at radius 3 is 2.15 bits per heavy atom. The van der Waals surface area contributed by atoms with Crippen molar-refractivity contribution in [3.05, 3.63) is 60.2 Å². The van der Waals surface area contributed by atoms with Crippen molar-refractivity contribution < 1.29 is 9.31 Å². The Kier molecular flexibility index (Phi) is 3.23. The molecule has 0 aromatic heterocycles. The second kappa shape index (κ2) is 5.13. The molecule has 5 heteroatoms. The predicted molar refractivity (Wildman–Crippen MR) is 105 cm³/mol. The molecule has 0 saturated carbocycles. The van der Waals surface area contributed by atoms with Gasteiger partial charge in [0.2, 0.25) is 0 Å². The average Bonchev–Trinajstić information content (AvgIpc) is 3.20. The van der Waals surface area contributed by atoms with E-state index in [1.807, 2.05) is 0 Å². The fourth-order valence-corrected chi connectivity index (χ4v) is 4.86. The zero-order valence-corrected chi connectivity index (χ0v) is 16.0. The van der Waals surface area contributed by atoms with Crippen molar-refractivity contribution in [2.75, 3.05) is 18.0 Å². The third-order valence-corrected chi connectivity index (χ3v) is 6.76. The van der Waals surface area contributed by atoms with Gasteiger partial charge < -0.3 is 19.0 Å². The molecule has 2 aromatic carbocycles. The van der Waals surface area contributed by atoms with Crippen LogP contribution in [0, 0.1) is 0 Å². The van der Waals surface area contributed by atoms with Gasteiger partial charge in [-0.05, 0) is 51.9 Å². The van der Waals surface area contributed by atoms with Crippen LogP contribution in [-0.4, -0.2) is 35.8 Å². The molecule has 3 aliphatic rings. The Hall–Kier alpha value is -1.82. The van der Waals surface area contributed by atoms with Crippen molar-refractivity contribution in [1.82, 2.24) is 4.81 Å². The van der Waals surface area contributed by atoms with Crippen LogP contribution in [0.25, 0.3) is 0 Å². The van der Waals surface area contributed by atoms with Gasteiger partial charge in [-0.25, -0.2) is 0 Å². The van der Waals surface area contributed by atoms with Gasteiger partial charge >= 0.3 is 6.69 Å². The molecule has 5 rings (SSSR count). The number of nitrogens with zero attached hydrogens (tertiary/aromatic N) is 2. The SMILES string of the molecule is CC1(C)O[B-]2(OC1(C)C)c1ccccc1[C@@H]1N(c3ccccc3)CCN12. The molecule has 2 fully saturated rings. The van der Waals surface area contributed by atoms with Crippen molar-refractivity contribution in [3.63, 3.8) is 0 Å². The summed E-state index contributed by atoms with van der Waals surface area (Å²) in [5, 5.41) is 0. The van der Waals surface area contributed by atoms with Gasteiger partial charge in [0.1, 0.15) is 0 Å². The van der Waals surface area contributed by atoms with Gasteiger partial charge in [-0.1, -0.05) is 42.5 Å². The minimum absolute atomic E-state index is 0.165. The van der Waals surface area contributed by atoms with Crippen LogP contribution in [0.1, 0.15) is 39.4 Å². The molecule has 0 radical (unpaired) electrons. The number of rotatable bonds is 1. The van der Waals surface area contributed by atoms with Gasteiger partial charge in [0, 0.05) is 23.4 Å². The first-order chi connectivity index (χ1) is 12.4. The van der Waals surface area contributed by atoms with E-state index in [1.165, 1.54) is 16.7 Å². The molecule has 2 aromatic rings. The zero-order valence-electron chi connectivity index (χ0n) is 16.0. The fraction of sp³-hybridized carbons (Fsp3) is 0.429. The zero-order chi connectivity index (χ0) is 18.2. The van der Waals surface area contributed by atoms with Crippen LogP contribution < -0.4 is 10.4 Å². The third-order valence-electron chi connectivity index (χ3n) is 6.76. The average molecular weight is 349 g/mol. The number of hydrogen-bond acceptors (Lipinski definition) is 4. The number of anilines is 1. The Bertz CT molecular complexity index is 836. The van der Waals surface area contributed by atoms with Crippen LogP contribution in [0.4, 0.5) is 5.69 Å². The van der Waals surface area contributed by atoms with Crippen molar-refractivity contribution in [2.45, 2.75) is 45.1 Å². The minimum atomic E-state index is -1.65. The summed E-state index contributed by atoms with van der Waals surface area (Å²) >= 11 is 0. The summed E-state index contributed by atoms with van der Waals surface area (Å²) in [7, 11) is 0. The van der Waals surface area contributed by atoms with E-state index >= 15 is 0 Å². The van der Waals surface area contributed by atoms with Crippen LogP contribution in [0.3, 0.4) is 0 Å². The van der Waals surface area contributed by atoms with E-state index in [4.69, 9.17) is 9.31 Å². The van der Waals surface area contributed by atoms with Crippen LogP contribution >= 0.6 is 0 Å². The summed E-state index contributed by atoms with van der Waals surface area (Å²) in [6.07, 6.45) is 0.165. The lowest BCUT2D eigenvalue weighted by Gasteiger charge is -2.43. The number of benzene rings is 2. The highest BCUT2D eigenvalue weighted by atomic mass is 16.7. The molecule has 0 unspecified atom stereocenters. The van der Waals surface area contributed by atoms with Crippen molar-refractivity contribution >= 4 is 17.8 Å². The predicted octanol–water partition coefficient (Wildman–Crippen LogP) is 3.27. The molecule has 0 aliphatic carbocycles. The molecular formula is C21H26BN2O2-. The summed E-state index contributed by atoms with van der Waals surface area (Å²) in [6.45, 7) is 8.83. The molecule has 136 valence electrons. The first-order valence-electron chi connectivity index (χ1n) is 9.58. The van der Waals surface area contributed by atoms with Gasteiger partial charge in [-0.2, -0.15) is 0 Å². The van der Waals surface area contributed by atoms with Crippen molar-refractivity contribution in [1.29, 1.82) is 0 Å². The van der Waals surface area contributed by atoms with Gasteiger partial charge in [-0.15, -0.1) is 5.46 Å². The lowest BCUT2D eigenvalue weighted by molar-refractivity contribution is 0.00578. The summed E-state index contributed by atoms with van der Waals surface area (Å²) in [5.74, 6) is 0. The molecule has 3 aliphatic heterocycles. The molecule has 26 heavy (non-hydrogen) atoms. The van der Waals surface area contributed by atoms with Gasteiger partial charge in [0.25, 0.3) is 0 Å². The van der Waals surface area contributed by atoms with Gasteiger partial charge in [-0.3, -0.25) is 0 Å². The quantitative estimate of drug-likeness (QED) is 0.738. The van der Waals surface area contributed by atoms with Gasteiger partial charge in [0.15, 0.2) is 0 Å². The maximum Gasteiger partial charge on any atom is 0.350 e. The normalized spacial score (nSPS) is 27.7. The van der Waals surface area contributed by atoms with E-state index in [0.717, 1.165) is 13.1 Å². The first-order valence-corrected chi connectivity index (χ1v) is 9.58. The second-order valence-corrected chi connectivity index (χ2v) is 8.70. The van der Waals surface area contributed by atoms with E-state index in [1.54, 1.807) is 0 Å². The largest absolute Gasteiger partial charge is 0.545 e. The molecule has 4 nitrogen and oxygen atoms in total. The highest BCUT2D eigenvalue weighted by molar-refractivity contribution is 6.81. The van der Waals surface area contributed by atoms with Crippen LogP contribution in [0.2, 0.25) is 0 Å². The maximum absolute atomic E-state index is 6.78. The van der Waals surface area contributed by atoms with Crippen LogP contribution in [-0.2, 0) is 9.31 Å². The third kappa shape index (κ3) is 1.96. The van der Waals surface area contributed by atoms with E-state index in [-0.39, 0.29) is 17.4 Å². The van der Waals surface area contributed by atoms with E-state index in [0.29, 0.717) is 0 Å². The molecule has 0 amide bonds. The Morgan fingerprint density at radius 1 is 0.846 bits per heavy atom. The van der Waals surface area contributed by atoms with E-state index < -0.39 is 6.69 Å². The molecule has 1 spiro atoms. The summed E-state index contributed by atoms with van der Waals surface area (Å²) in [5.41, 5.74) is 3.06. The standard InChI is InChI=1S/C21H26BN2O2/c1-20(2)21(3,4)26-22(25-20)18-13-9-8-12-17(18)19-23(14-15-24(19)22)16-10-6-5-7-11-16/h5-13,19H,14-15H2,1-4H3/q-1/t19-/m1/s1. The highest BCUT2D eigenvalue weighted by Gasteiger charge is 2.61. The van der Waals surface area contributed by atoms with E-state index in [9.17, 15) is 0 Å². The number of fused-ring (bicyclic) bond motifs is 5. The Balaban J connectivity index is 1.65. The Labute approximate surface area is 155 Å². The Morgan fingerprint density at radius 2 is 1.46 bits per heavy atom. The maximum atomic E-state index is 6.78. The smallest absolute Gasteiger partial charge is 0.350 e. The lowest BCUT2D eigenvalue weighted by Crippen LogP contribution is -2.60. The van der Waals surface area contributed by atoms with Gasteiger partial charge in [0.05, 0.1) is 6.17 Å². The second-order valence-electron chi connectivity index (χ2n) is 8.70. The fourth-order valence-electron chi connectivity index (χ4n) is 4.86. The molecule has 1 atom stereocenters. The molecule has 0 N–H and O–H groups in total. The molecule has 0 bridgehead atoms. The monoisotopic (exact) mass is 349 g/mol. The molecular weight excluding hydrogens is 323 g/mol. The highest BCUT2D eigenvalue weighted by Crippen LogP contribution is 2.50. The minimum Gasteiger partial charge on any atom is -0.545 e. The van der Waals surface area contributed by atoms with Crippen molar-refractivity contribution in [3.8, 4) is 0 Å². The lowest BCUT2D eigenvalue weighted by atomic mass is 9.63. The summed E-state index contributed by atoms with van der Waals surface area (Å²) in [6, 6.07) is 19.3. The van der Waals surface area contributed by atoms with E-state index in [2.05, 4.69) is 92.0 Å². The van der Waals surface area contributed by atoms with Crippen molar-refractivity contribution in [2.24, 2.45) is 0 Å². The van der Waals surface area contributed by atoms with Crippen LogP contribution in [0.5, 0.6) is 0 Å².